The molecule has 0 bridgehead atoms. The zero-order valence-corrected chi connectivity index (χ0v) is 9.06. The Hall–Kier alpha value is -1.44. The fourth-order valence-electron chi connectivity index (χ4n) is 1.38. The monoisotopic (exact) mass is 273 g/mol. The van der Waals surface area contributed by atoms with Crippen LogP contribution in [-0.4, -0.2) is 19.6 Å². The van der Waals surface area contributed by atoms with Gasteiger partial charge in [0, 0.05) is 0 Å². The van der Waals surface area contributed by atoms with Crippen molar-refractivity contribution in [1.29, 1.82) is 0 Å². The highest BCUT2D eigenvalue weighted by Crippen LogP contribution is 2.33. The Bertz CT molecular complexity index is 383. The van der Waals surface area contributed by atoms with E-state index in [1.54, 1.807) is 0 Å². The van der Waals surface area contributed by atoms with Gasteiger partial charge in [-0.15, -0.1) is 13.2 Å². The van der Waals surface area contributed by atoms with E-state index in [0.717, 1.165) is 31.3 Å². The van der Waals surface area contributed by atoms with E-state index in [0.29, 0.717) is 0 Å². The van der Waals surface area contributed by atoms with E-state index in [4.69, 9.17) is 0 Å². The van der Waals surface area contributed by atoms with Crippen LogP contribution in [0, 0.1) is 0 Å². The van der Waals surface area contributed by atoms with E-state index in [2.05, 4.69) is 4.74 Å². The fraction of sp³-hybridized carbons (Fsp3) is 0.400. The Morgan fingerprint density at radius 3 is 1.83 bits per heavy atom. The maximum Gasteiger partial charge on any atom is 0.573 e. The molecule has 0 heterocycles. The molecule has 0 fully saturated rings. The van der Waals surface area contributed by atoms with Crippen LogP contribution in [0.3, 0.4) is 0 Å². The van der Waals surface area contributed by atoms with Crippen LogP contribution in [0.4, 0.5) is 26.3 Å². The number of nitrogens with one attached hydrogen (secondary N) is 1. The first kappa shape index (κ1) is 14.6. The smallest absolute Gasteiger partial charge is 0.406 e. The molecule has 1 aromatic carbocycles. The number of ether oxygens (including phenoxy) is 1. The summed E-state index contributed by atoms with van der Waals surface area (Å²) in [6.45, 7) is 0. The normalized spacial score (nSPS) is 14.4. The molecule has 0 aromatic heterocycles. The lowest BCUT2D eigenvalue weighted by molar-refractivity contribution is -0.274. The summed E-state index contributed by atoms with van der Waals surface area (Å²) in [7, 11) is 1.11. The van der Waals surface area contributed by atoms with Gasteiger partial charge in [0.15, 0.2) is 0 Å². The Balaban J connectivity index is 2.88. The molecule has 0 spiro atoms. The summed E-state index contributed by atoms with van der Waals surface area (Å²) < 4.78 is 76.6. The van der Waals surface area contributed by atoms with E-state index in [-0.39, 0.29) is 5.56 Å². The summed E-state index contributed by atoms with van der Waals surface area (Å²) in [6.07, 6.45) is -9.39. The maximum absolute atomic E-state index is 12.5. The summed E-state index contributed by atoms with van der Waals surface area (Å²) in [4.78, 5) is 0. The predicted octanol–water partition coefficient (Wildman–Crippen LogP) is 3.41. The van der Waals surface area contributed by atoms with Gasteiger partial charge in [0.2, 0.25) is 0 Å². The summed E-state index contributed by atoms with van der Waals surface area (Å²) in [5.74, 6) is -0.566. The van der Waals surface area contributed by atoms with Crippen LogP contribution >= 0.6 is 0 Å². The van der Waals surface area contributed by atoms with Gasteiger partial charge in [0.25, 0.3) is 0 Å². The molecule has 18 heavy (non-hydrogen) atoms. The molecule has 1 atom stereocenters. The van der Waals surface area contributed by atoms with Crippen LogP contribution in [0.25, 0.3) is 0 Å². The molecule has 0 saturated carbocycles. The van der Waals surface area contributed by atoms with Crippen LogP contribution in [-0.2, 0) is 0 Å². The Morgan fingerprint density at radius 2 is 1.50 bits per heavy atom. The second-order valence-electron chi connectivity index (χ2n) is 3.38. The van der Waals surface area contributed by atoms with Crippen LogP contribution in [0.15, 0.2) is 24.3 Å². The standard InChI is InChI=1S/C10H9F6NO/c1-17-8(9(11,12)13)6-2-4-7(5-3-6)18-10(14,15)16/h2-5,8,17H,1H3. The quantitative estimate of drug-likeness (QED) is 0.852. The van der Waals surface area contributed by atoms with Crippen molar-refractivity contribution in [2.75, 3.05) is 7.05 Å². The van der Waals surface area contributed by atoms with Gasteiger partial charge in [-0.25, -0.2) is 0 Å². The summed E-state index contributed by atoms with van der Waals surface area (Å²) >= 11 is 0. The van der Waals surface area contributed by atoms with Crippen molar-refractivity contribution < 1.29 is 31.1 Å². The first-order valence-electron chi connectivity index (χ1n) is 4.73. The third kappa shape index (κ3) is 4.10. The minimum Gasteiger partial charge on any atom is -0.406 e. The van der Waals surface area contributed by atoms with Gasteiger partial charge in [-0.05, 0) is 24.7 Å². The van der Waals surface area contributed by atoms with Crippen molar-refractivity contribution >= 4 is 0 Å². The van der Waals surface area contributed by atoms with Crippen molar-refractivity contribution in [3.05, 3.63) is 29.8 Å². The van der Waals surface area contributed by atoms with Gasteiger partial charge in [-0.3, -0.25) is 0 Å². The topological polar surface area (TPSA) is 21.3 Å². The lowest BCUT2D eigenvalue weighted by atomic mass is 10.1. The fourth-order valence-corrected chi connectivity index (χ4v) is 1.38. The van der Waals surface area contributed by atoms with Crippen LogP contribution < -0.4 is 10.1 Å². The van der Waals surface area contributed by atoms with Gasteiger partial charge < -0.3 is 10.1 Å². The molecule has 0 aliphatic carbocycles. The Labute approximate surface area is 98.5 Å². The first-order chi connectivity index (χ1) is 8.13. The molecule has 1 aromatic rings. The molecule has 1 rings (SSSR count). The highest BCUT2D eigenvalue weighted by atomic mass is 19.4. The molecule has 1 N–H and O–H groups in total. The van der Waals surface area contributed by atoms with Gasteiger partial charge >= 0.3 is 12.5 Å². The highest BCUT2D eigenvalue weighted by molar-refractivity contribution is 5.30. The van der Waals surface area contributed by atoms with E-state index in [1.165, 1.54) is 0 Å². The van der Waals surface area contributed by atoms with Crippen LogP contribution in [0.2, 0.25) is 0 Å². The second kappa shape index (κ2) is 5.05. The Morgan fingerprint density at radius 1 is 1.00 bits per heavy atom. The Kier molecular flexibility index (Phi) is 4.10. The molecule has 102 valence electrons. The predicted molar refractivity (Wildman–Crippen MR) is 51.0 cm³/mol. The molecule has 0 radical (unpaired) electrons. The third-order valence-electron chi connectivity index (χ3n) is 2.06. The average molecular weight is 273 g/mol. The molecular formula is C10H9F6NO. The van der Waals surface area contributed by atoms with Crippen molar-refractivity contribution in [3.8, 4) is 5.75 Å². The molecule has 8 heteroatoms. The molecule has 0 aliphatic heterocycles. The third-order valence-corrected chi connectivity index (χ3v) is 2.06. The molecule has 0 saturated heterocycles. The number of alkyl halides is 6. The molecule has 2 nitrogen and oxygen atoms in total. The zero-order valence-electron chi connectivity index (χ0n) is 9.06. The zero-order chi connectivity index (χ0) is 14.0. The summed E-state index contributed by atoms with van der Waals surface area (Å²) in [6, 6.07) is 1.58. The van der Waals surface area contributed by atoms with Gasteiger partial charge in [0.05, 0.1) is 0 Å². The van der Waals surface area contributed by atoms with Crippen LogP contribution in [0.5, 0.6) is 5.75 Å². The van der Waals surface area contributed by atoms with Crippen molar-refractivity contribution in [1.82, 2.24) is 5.32 Å². The van der Waals surface area contributed by atoms with Crippen molar-refractivity contribution in [3.63, 3.8) is 0 Å². The SMILES string of the molecule is CNC(c1ccc(OC(F)(F)F)cc1)C(F)(F)F. The van der Waals surface area contributed by atoms with Crippen LogP contribution in [0.1, 0.15) is 11.6 Å². The number of hydrogen-bond acceptors (Lipinski definition) is 2. The average Bonchev–Trinajstić information content (AvgIpc) is 2.17. The van der Waals surface area contributed by atoms with Crippen molar-refractivity contribution in [2.45, 2.75) is 18.6 Å². The maximum atomic E-state index is 12.5. The minimum atomic E-state index is -4.87. The van der Waals surface area contributed by atoms with E-state index in [9.17, 15) is 26.3 Å². The molecule has 0 aliphatic rings. The second-order valence-corrected chi connectivity index (χ2v) is 3.38. The number of halogens is 6. The molecule has 1 unspecified atom stereocenters. The number of rotatable bonds is 3. The van der Waals surface area contributed by atoms with Crippen molar-refractivity contribution in [2.24, 2.45) is 0 Å². The summed E-state index contributed by atoms with van der Waals surface area (Å²) in [5, 5.41) is 2.04. The lowest BCUT2D eigenvalue weighted by Crippen LogP contribution is -2.31. The van der Waals surface area contributed by atoms with E-state index < -0.39 is 24.3 Å². The first-order valence-corrected chi connectivity index (χ1v) is 4.73. The lowest BCUT2D eigenvalue weighted by Gasteiger charge is -2.20. The van der Waals surface area contributed by atoms with E-state index >= 15 is 0 Å². The number of benzene rings is 1. The highest BCUT2D eigenvalue weighted by Gasteiger charge is 2.39. The molecule has 0 amide bonds. The van der Waals surface area contributed by atoms with Gasteiger partial charge in [-0.1, -0.05) is 12.1 Å². The van der Waals surface area contributed by atoms with Gasteiger partial charge in [0.1, 0.15) is 11.8 Å². The molecular weight excluding hydrogens is 264 g/mol. The minimum absolute atomic E-state index is 0.195. The van der Waals surface area contributed by atoms with Gasteiger partial charge in [-0.2, -0.15) is 13.2 Å². The summed E-state index contributed by atoms with van der Waals surface area (Å²) in [5.41, 5.74) is -0.195. The number of hydrogen-bond donors (Lipinski definition) is 1. The van der Waals surface area contributed by atoms with E-state index in [1.807, 2.05) is 5.32 Å². The largest absolute Gasteiger partial charge is 0.573 e.